The van der Waals surface area contributed by atoms with Crippen LogP contribution in [0.5, 0.6) is 0 Å². The lowest BCUT2D eigenvalue weighted by Crippen LogP contribution is -2.20. The second-order valence-electron chi connectivity index (χ2n) is 4.60. The highest BCUT2D eigenvalue weighted by molar-refractivity contribution is 9.09. The first-order chi connectivity index (χ1) is 8.19. The zero-order valence-electron chi connectivity index (χ0n) is 9.63. The summed E-state index contributed by atoms with van der Waals surface area (Å²) in [5.74, 6) is 0.834. The number of rotatable bonds is 4. The minimum atomic E-state index is 0.706. The third kappa shape index (κ3) is 3.85. The monoisotopic (exact) mass is 335 g/mol. The van der Waals surface area contributed by atoms with Crippen LogP contribution in [-0.2, 0) is 6.54 Å². The molecule has 0 radical (unpaired) electrons. The van der Waals surface area contributed by atoms with Crippen molar-refractivity contribution in [1.29, 1.82) is 0 Å². The summed E-state index contributed by atoms with van der Waals surface area (Å²) >= 11 is 15.6. The van der Waals surface area contributed by atoms with E-state index in [1.165, 1.54) is 31.5 Å². The third-order valence-electron chi connectivity index (χ3n) is 3.30. The molecule has 1 aromatic rings. The number of nitrogens with zero attached hydrogens (tertiary/aromatic N) is 1. The van der Waals surface area contributed by atoms with E-state index in [-0.39, 0.29) is 0 Å². The highest BCUT2D eigenvalue weighted by Crippen LogP contribution is 2.26. The molecule has 1 aromatic carbocycles. The summed E-state index contributed by atoms with van der Waals surface area (Å²) in [4.78, 5) is 2.47. The maximum atomic E-state index is 6.19. The Hall–Kier alpha value is 0.240. The Bertz CT molecular complexity index is 384. The van der Waals surface area contributed by atoms with Gasteiger partial charge in [0.25, 0.3) is 0 Å². The highest BCUT2D eigenvalue weighted by Gasteiger charge is 2.22. The van der Waals surface area contributed by atoms with Crippen LogP contribution in [-0.4, -0.2) is 23.3 Å². The lowest BCUT2D eigenvalue weighted by Gasteiger charge is -2.16. The predicted octanol–water partition coefficient (Wildman–Crippen LogP) is 4.60. The molecule has 4 heteroatoms. The Morgan fingerprint density at radius 2 is 2.18 bits per heavy atom. The summed E-state index contributed by atoms with van der Waals surface area (Å²) in [6, 6.07) is 5.77. The van der Waals surface area contributed by atoms with Gasteiger partial charge in [0.2, 0.25) is 0 Å². The van der Waals surface area contributed by atoms with Crippen LogP contribution in [0.3, 0.4) is 0 Å². The van der Waals surface area contributed by atoms with Crippen molar-refractivity contribution in [1.82, 2.24) is 4.90 Å². The number of halogens is 3. The average Bonchev–Trinajstić information content (AvgIpc) is 2.71. The molecule has 0 bridgehead atoms. The molecule has 0 aromatic heterocycles. The van der Waals surface area contributed by atoms with Gasteiger partial charge in [0.15, 0.2) is 0 Å². The molecule has 2 rings (SSSR count). The molecule has 17 heavy (non-hydrogen) atoms. The van der Waals surface area contributed by atoms with E-state index in [1.54, 1.807) is 0 Å². The lowest BCUT2D eigenvalue weighted by atomic mass is 10.1. The molecule has 0 amide bonds. The van der Waals surface area contributed by atoms with Crippen LogP contribution in [0.2, 0.25) is 10.0 Å². The number of hydrogen-bond donors (Lipinski definition) is 0. The first-order valence-electron chi connectivity index (χ1n) is 5.91. The number of hydrogen-bond acceptors (Lipinski definition) is 1. The molecule has 1 atom stereocenters. The minimum Gasteiger partial charge on any atom is -0.299 e. The van der Waals surface area contributed by atoms with Crippen molar-refractivity contribution in [2.75, 3.05) is 18.4 Å². The number of benzene rings is 1. The molecule has 0 aliphatic carbocycles. The quantitative estimate of drug-likeness (QED) is 0.726. The van der Waals surface area contributed by atoms with Crippen LogP contribution in [0.4, 0.5) is 0 Å². The van der Waals surface area contributed by atoms with Gasteiger partial charge in [-0.1, -0.05) is 45.2 Å². The zero-order valence-corrected chi connectivity index (χ0v) is 12.7. The molecule has 0 N–H and O–H groups in total. The molecule has 1 fully saturated rings. The molecular formula is C13H16BrCl2N. The summed E-state index contributed by atoms with van der Waals surface area (Å²) in [7, 11) is 0. The molecule has 1 aliphatic heterocycles. The molecular weight excluding hydrogens is 321 g/mol. The number of likely N-dealkylation sites (tertiary alicyclic amines) is 1. The second kappa shape index (κ2) is 6.42. The van der Waals surface area contributed by atoms with E-state index < -0.39 is 0 Å². The summed E-state index contributed by atoms with van der Waals surface area (Å²) in [6.07, 6.45) is 2.57. The van der Waals surface area contributed by atoms with Crippen LogP contribution in [0.15, 0.2) is 18.2 Å². The van der Waals surface area contributed by atoms with Crippen molar-refractivity contribution in [2.24, 2.45) is 5.92 Å². The molecule has 0 spiro atoms. The van der Waals surface area contributed by atoms with Crippen molar-refractivity contribution in [3.05, 3.63) is 33.8 Å². The van der Waals surface area contributed by atoms with Crippen LogP contribution >= 0.6 is 39.1 Å². The van der Waals surface area contributed by atoms with Gasteiger partial charge in [-0.25, -0.2) is 0 Å². The molecule has 1 heterocycles. The van der Waals surface area contributed by atoms with Crippen molar-refractivity contribution in [3.8, 4) is 0 Å². The van der Waals surface area contributed by atoms with Gasteiger partial charge in [-0.05, 0) is 43.0 Å². The van der Waals surface area contributed by atoms with Crippen molar-refractivity contribution < 1.29 is 0 Å². The highest BCUT2D eigenvalue weighted by atomic mass is 79.9. The second-order valence-corrected chi connectivity index (χ2v) is 6.24. The van der Waals surface area contributed by atoms with Crippen molar-refractivity contribution >= 4 is 39.1 Å². The molecule has 94 valence electrons. The van der Waals surface area contributed by atoms with Gasteiger partial charge in [-0.2, -0.15) is 0 Å². The van der Waals surface area contributed by atoms with E-state index in [0.29, 0.717) is 5.02 Å². The van der Waals surface area contributed by atoms with E-state index in [4.69, 9.17) is 23.2 Å². The maximum Gasteiger partial charge on any atom is 0.0465 e. The van der Waals surface area contributed by atoms with Gasteiger partial charge in [-0.15, -0.1) is 0 Å². The first kappa shape index (κ1) is 13.7. The van der Waals surface area contributed by atoms with E-state index in [9.17, 15) is 0 Å². The SMILES string of the molecule is Clc1ccc(CN2CCC(CCBr)C2)c(Cl)c1. The average molecular weight is 337 g/mol. The van der Waals surface area contributed by atoms with Crippen molar-refractivity contribution in [2.45, 2.75) is 19.4 Å². The fourth-order valence-electron chi connectivity index (χ4n) is 2.34. The van der Waals surface area contributed by atoms with Gasteiger partial charge >= 0.3 is 0 Å². The first-order valence-corrected chi connectivity index (χ1v) is 7.79. The standard InChI is InChI=1S/C13H16BrCl2N/c14-5-3-10-4-6-17(8-10)9-11-1-2-12(15)7-13(11)16/h1-2,7,10H,3-6,8-9H2. The summed E-state index contributed by atoms with van der Waals surface area (Å²) < 4.78 is 0. The van der Waals surface area contributed by atoms with Crippen LogP contribution in [0.1, 0.15) is 18.4 Å². The van der Waals surface area contributed by atoms with Crippen LogP contribution in [0.25, 0.3) is 0 Å². The van der Waals surface area contributed by atoms with Gasteiger partial charge in [-0.3, -0.25) is 4.90 Å². The van der Waals surface area contributed by atoms with E-state index in [1.807, 2.05) is 18.2 Å². The molecule has 1 unspecified atom stereocenters. The zero-order chi connectivity index (χ0) is 12.3. The van der Waals surface area contributed by atoms with Crippen LogP contribution in [0, 0.1) is 5.92 Å². The number of alkyl halides is 1. The Kier molecular flexibility index (Phi) is 5.16. The fraction of sp³-hybridized carbons (Fsp3) is 0.538. The van der Waals surface area contributed by atoms with E-state index >= 15 is 0 Å². The van der Waals surface area contributed by atoms with Gasteiger partial charge in [0.1, 0.15) is 0 Å². The largest absolute Gasteiger partial charge is 0.299 e. The van der Waals surface area contributed by atoms with Gasteiger partial charge in [0.05, 0.1) is 0 Å². The molecule has 1 saturated heterocycles. The third-order valence-corrected chi connectivity index (χ3v) is 4.34. The minimum absolute atomic E-state index is 0.706. The summed E-state index contributed by atoms with van der Waals surface area (Å²) in [5, 5.41) is 2.59. The Morgan fingerprint density at radius 1 is 1.35 bits per heavy atom. The Balaban J connectivity index is 1.93. The predicted molar refractivity (Wildman–Crippen MR) is 78.3 cm³/mol. The Morgan fingerprint density at radius 3 is 2.88 bits per heavy atom. The fourth-order valence-corrected chi connectivity index (χ4v) is 3.45. The van der Waals surface area contributed by atoms with Gasteiger partial charge < -0.3 is 0 Å². The van der Waals surface area contributed by atoms with Gasteiger partial charge in [0, 0.05) is 28.5 Å². The normalized spacial score (nSPS) is 21.0. The van der Waals surface area contributed by atoms with Crippen molar-refractivity contribution in [3.63, 3.8) is 0 Å². The lowest BCUT2D eigenvalue weighted by molar-refractivity contribution is 0.315. The molecule has 0 saturated carbocycles. The van der Waals surface area contributed by atoms with E-state index in [2.05, 4.69) is 20.8 Å². The van der Waals surface area contributed by atoms with E-state index in [0.717, 1.165) is 22.8 Å². The topological polar surface area (TPSA) is 3.24 Å². The Labute approximate surface area is 121 Å². The summed E-state index contributed by atoms with van der Waals surface area (Å²) in [6.45, 7) is 3.30. The molecule has 1 aliphatic rings. The smallest absolute Gasteiger partial charge is 0.0465 e. The summed E-state index contributed by atoms with van der Waals surface area (Å²) in [5.41, 5.74) is 1.18. The van der Waals surface area contributed by atoms with Crippen LogP contribution < -0.4 is 0 Å². The maximum absolute atomic E-state index is 6.19. The molecule has 1 nitrogen and oxygen atoms in total.